The van der Waals surface area contributed by atoms with Crippen LogP contribution in [0.3, 0.4) is 0 Å². The second-order valence-corrected chi connectivity index (χ2v) is 6.74. The maximum Gasteiger partial charge on any atom is 0.407 e. The number of amides is 2. The third-order valence-electron chi connectivity index (χ3n) is 4.82. The highest BCUT2D eigenvalue weighted by molar-refractivity contribution is 5.87. The van der Waals surface area contributed by atoms with Crippen molar-refractivity contribution in [2.24, 2.45) is 11.8 Å². The number of imidazole rings is 1. The summed E-state index contributed by atoms with van der Waals surface area (Å²) in [6.45, 7) is 3.80. The lowest BCUT2D eigenvalue weighted by Gasteiger charge is -2.31. The van der Waals surface area contributed by atoms with E-state index in [0.717, 1.165) is 12.8 Å². The number of nitrogens with zero attached hydrogens (tertiary/aromatic N) is 2. The van der Waals surface area contributed by atoms with Crippen molar-refractivity contribution in [1.29, 1.82) is 0 Å². The molecule has 7 nitrogen and oxygen atoms in total. The van der Waals surface area contributed by atoms with Crippen molar-refractivity contribution in [2.45, 2.75) is 44.8 Å². The number of methoxy groups -OCH3 is 1. The molecule has 128 valence electrons. The Morgan fingerprint density at radius 3 is 2.83 bits per heavy atom. The average molecular weight is 330 g/mol. The van der Waals surface area contributed by atoms with Crippen LogP contribution in [0.1, 0.15) is 44.2 Å². The van der Waals surface area contributed by atoms with Crippen molar-refractivity contribution in [3.63, 3.8) is 0 Å². The third kappa shape index (κ3) is 2.84. The quantitative estimate of drug-likeness (QED) is 0.818. The molecular weight excluding hydrogens is 308 g/mol. The third-order valence-corrected chi connectivity index (χ3v) is 4.82. The van der Waals surface area contributed by atoms with Crippen LogP contribution in [-0.4, -0.2) is 46.1 Å². The zero-order valence-electron chi connectivity index (χ0n) is 14.1. The number of hydrogen-bond acceptors (Lipinski definition) is 4. The number of alkyl carbamates (subject to hydrolysis) is 1. The van der Waals surface area contributed by atoms with Crippen LogP contribution in [0.4, 0.5) is 4.79 Å². The highest BCUT2D eigenvalue weighted by atomic mass is 16.5. The largest absolute Gasteiger partial charge is 0.453 e. The van der Waals surface area contributed by atoms with E-state index in [0.29, 0.717) is 17.4 Å². The predicted molar refractivity (Wildman–Crippen MR) is 86.8 cm³/mol. The molecule has 1 aliphatic carbocycles. The van der Waals surface area contributed by atoms with Gasteiger partial charge in [0.2, 0.25) is 5.91 Å². The van der Waals surface area contributed by atoms with Gasteiger partial charge in [-0.2, -0.15) is 0 Å². The van der Waals surface area contributed by atoms with Crippen molar-refractivity contribution in [3.05, 3.63) is 17.7 Å². The summed E-state index contributed by atoms with van der Waals surface area (Å²) in [5.41, 5.74) is 0.603. The van der Waals surface area contributed by atoms with Gasteiger partial charge in [-0.15, -0.1) is 6.42 Å². The Morgan fingerprint density at radius 1 is 1.50 bits per heavy atom. The summed E-state index contributed by atoms with van der Waals surface area (Å²) < 4.78 is 4.65. The van der Waals surface area contributed by atoms with Crippen LogP contribution in [0.15, 0.2) is 6.20 Å². The maximum absolute atomic E-state index is 13.1. The minimum Gasteiger partial charge on any atom is -0.453 e. The van der Waals surface area contributed by atoms with E-state index in [2.05, 4.69) is 25.9 Å². The lowest BCUT2D eigenvalue weighted by Crippen LogP contribution is -2.52. The molecule has 3 rings (SSSR count). The maximum atomic E-state index is 13.1. The fraction of sp³-hybridized carbons (Fsp3) is 0.588. The van der Waals surface area contributed by atoms with Crippen LogP contribution in [0.25, 0.3) is 0 Å². The zero-order chi connectivity index (χ0) is 17.4. The monoisotopic (exact) mass is 330 g/mol. The number of nitrogens with one attached hydrogen (secondary N) is 2. The molecule has 0 radical (unpaired) electrons. The van der Waals surface area contributed by atoms with Crippen LogP contribution in [0.2, 0.25) is 0 Å². The van der Waals surface area contributed by atoms with Crippen molar-refractivity contribution >= 4 is 12.0 Å². The van der Waals surface area contributed by atoms with Crippen LogP contribution < -0.4 is 5.32 Å². The molecule has 4 atom stereocenters. The van der Waals surface area contributed by atoms with E-state index in [9.17, 15) is 9.59 Å². The summed E-state index contributed by atoms with van der Waals surface area (Å²) in [7, 11) is 1.29. The first-order valence-corrected chi connectivity index (χ1v) is 8.14. The number of rotatable bonds is 4. The second-order valence-electron chi connectivity index (χ2n) is 6.74. The van der Waals surface area contributed by atoms with Gasteiger partial charge in [0.05, 0.1) is 19.3 Å². The molecule has 2 N–H and O–H groups in total. The molecule has 0 bridgehead atoms. The first-order chi connectivity index (χ1) is 11.5. The van der Waals surface area contributed by atoms with E-state index in [-0.39, 0.29) is 23.9 Å². The molecule has 1 saturated carbocycles. The minimum absolute atomic E-state index is 0.0482. The van der Waals surface area contributed by atoms with Crippen LogP contribution >= 0.6 is 0 Å². The smallest absolute Gasteiger partial charge is 0.407 e. The first-order valence-electron chi connectivity index (χ1n) is 8.14. The number of aromatic amines is 1. The number of aromatic nitrogens is 2. The molecule has 1 aromatic rings. The molecule has 2 fully saturated rings. The fourth-order valence-electron chi connectivity index (χ4n) is 3.46. The van der Waals surface area contributed by atoms with E-state index in [1.807, 2.05) is 18.7 Å². The minimum atomic E-state index is -0.624. The Balaban J connectivity index is 1.83. The first kappa shape index (κ1) is 16.4. The Bertz CT molecular complexity index is 690. The summed E-state index contributed by atoms with van der Waals surface area (Å²) in [6, 6.07) is -0.520. The van der Waals surface area contributed by atoms with E-state index < -0.39 is 12.1 Å². The van der Waals surface area contributed by atoms with Gasteiger partial charge in [-0.3, -0.25) is 4.79 Å². The summed E-state index contributed by atoms with van der Waals surface area (Å²) in [4.78, 5) is 34.0. The molecule has 0 aromatic carbocycles. The summed E-state index contributed by atoms with van der Waals surface area (Å²) in [5.74, 6) is 3.59. The number of fused-ring (bicyclic) bond motifs is 1. The standard InChI is InChI=1S/C17H22N4O3/c1-5-11-8-18-15(19-11)13-7-10-6-12(10)21(13)16(22)14(9(2)3)20-17(23)24-4/h1,8-10,12-14H,6-7H2,2-4H3,(H,18,19)(H,20,23)/t10?,12-,13+,14+/m1/s1. The lowest BCUT2D eigenvalue weighted by atomic mass is 10.0. The molecule has 1 saturated heterocycles. The van der Waals surface area contributed by atoms with Gasteiger partial charge in [-0.25, -0.2) is 9.78 Å². The van der Waals surface area contributed by atoms with Crippen LogP contribution in [0, 0.1) is 24.2 Å². The lowest BCUT2D eigenvalue weighted by molar-refractivity contribution is -0.136. The predicted octanol–water partition coefficient (Wildman–Crippen LogP) is 1.43. The second kappa shape index (κ2) is 6.19. The molecule has 1 unspecified atom stereocenters. The fourth-order valence-corrected chi connectivity index (χ4v) is 3.46. The molecule has 2 aliphatic rings. The number of carbonyl (C=O) groups excluding carboxylic acids is 2. The highest BCUT2D eigenvalue weighted by Gasteiger charge is 2.56. The van der Waals surface area contributed by atoms with Gasteiger partial charge in [0.15, 0.2) is 0 Å². The Morgan fingerprint density at radius 2 is 2.25 bits per heavy atom. The van der Waals surface area contributed by atoms with Crippen molar-refractivity contribution in [1.82, 2.24) is 20.2 Å². The van der Waals surface area contributed by atoms with Gasteiger partial charge in [-0.05, 0) is 24.7 Å². The van der Waals surface area contributed by atoms with E-state index >= 15 is 0 Å². The molecule has 2 heterocycles. The molecule has 24 heavy (non-hydrogen) atoms. The van der Waals surface area contributed by atoms with Crippen molar-refractivity contribution < 1.29 is 14.3 Å². The van der Waals surface area contributed by atoms with E-state index in [4.69, 9.17) is 6.42 Å². The summed E-state index contributed by atoms with van der Waals surface area (Å²) in [5, 5.41) is 2.65. The van der Waals surface area contributed by atoms with Gasteiger partial charge in [-0.1, -0.05) is 19.8 Å². The van der Waals surface area contributed by atoms with Gasteiger partial charge in [0.1, 0.15) is 17.6 Å². The molecule has 1 aromatic heterocycles. The number of carbonyl (C=O) groups is 2. The van der Waals surface area contributed by atoms with Crippen molar-refractivity contribution in [2.75, 3.05) is 7.11 Å². The molecule has 7 heteroatoms. The molecule has 1 aliphatic heterocycles. The van der Waals surface area contributed by atoms with Crippen LogP contribution in [-0.2, 0) is 9.53 Å². The zero-order valence-corrected chi connectivity index (χ0v) is 14.1. The summed E-state index contributed by atoms with van der Waals surface area (Å²) in [6.07, 6.45) is 8.27. The number of ether oxygens (including phenoxy) is 1. The van der Waals surface area contributed by atoms with E-state index in [1.54, 1.807) is 6.20 Å². The number of terminal acetylenes is 1. The van der Waals surface area contributed by atoms with Gasteiger partial charge < -0.3 is 19.9 Å². The number of likely N-dealkylation sites (tertiary alicyclic amines) is 1. The normalized spacial score (nSPS) is 25.8. The van der Waals surface area contributed by atoms with Gasteiger partial charge in [0.25, 0.3) is 0 Å². The number of hydrogen-bond donors (Lipinski definition) is 2. The van der Waals surface area contributed by atoms with Gasteiger partial charge in [0, 0.05) is 6.04 Å². The Kier molecular flexibility index (Phi) is 4.22. The molecule has 2 amide bonds. The molecular formula is C17H22N4O3. The molecule has 0 spiro atoms. The number of H-pyrrole nitrogens is 1. The van der Waals surface area contributed by atoms with Gasteiger partial charge >= 0.3 is 6.09 Å². The van der Waals surface area contributed by atoms with E-state index in [1.165, 1.54) is 7.11 Å². The Hall–Kier alpha value is -2.49. The summed E-state index contributed by atoms with van der Waals surface area (Å²) >= 11 is 0. The average Bonchev–Trinajstić information content (AvgIpc) is 3.01. The SMILES string of the molecule is C#Cc1cnc([C@@H]2CC3C[C@H]3N2C(=O)[C@@H](NC(=O)OC)C(C)C)[nH]1. The topological polar surface area (TPSA) is 87.3 Å². The Labute approximate surface area is 141 Å². The van der Waals surface area contributed by atoms with Crippen molar-refractivity contribution in [3.8, 4) is 12.3 Å². The highest BCUT2D eigenvalue weighted by Crippen LogP contribution is 2.53. The number of piperidine rings is 1. The van der Waals surface area contributed by atoms with Crippen LogP contribution in [0.5, 0.6) is 0 Å².